The number of hydrogen-bond acceptors (Lipinski definition) is 6. The van der Waals surface area contributed by atoms with Crippen LogP contribution in [0.3, 0.4) is 0 Å². The van der Waals surface area contributed by atoms with E-state index in [1.165, 1.54) is 4.68 Å². The number of rotatable bonds is 9. The summed E-state index contributed by atoms with van der Waals surface area (Å²) < 4.78 is 10.3. The summed E-state index contributed by atoms with van der Waals surface area (Å²) in [4.78, 5) is 26.0. The second-order valence-corrected chi connectivity index (χ2v) is 9.00. The van der Waals surface area contributed by atoms with Crippen molar-refractivity contribution in [3.05, 3.63) is 87.9 Å². The number of hydrogen-bond donors (Lipinski definition) is 1. The number of carbonyl (C=O) groups is 1. The van der Waals surface area contributed by atoms with Gasteiger partial charge in [0.15, 0.2) is 5.82 Å². The Bertz CT molecular complexity index is 1580. The van der Waals surface area contributed by atoms with Crippen molar-refractivity contribution in [1.82, 2.24) is 34.6 Å². The van der Waals surface area contributed by atoms with Crippen LogP contribution in [-0.4, -0.2) is 41.7 Å². The Balaban J connectivity index is 1.34. The van der Waals surface area contributed by atoms with Crippen LogP contribution in [0.25, 0.3) is 22.4 Å². The van der Waals surface area contributed by atoms with Gasteiger partial charge in [0.05, 0.1) is 17.1 Å². The molecule has 4 aromatic heterocycles. The van der Waals surface area contributed by atoms with Crippen LogP contribution in [0.4, 0.5) is 0 Å². The molecule has 0 saturated carbocycles. The lowest BCUT2D eigenvalue weighted by atomic mass is 10.1. The molecule has 0 bridgehead atoms. The molecule has 0 radical (unpaired) electrons. The van der Waals surface area contributed by atoms with Gasteiger partial charge in [-0.15, -0.1) is 0 Å². The number of amides is 1. The number of aromatic nitrogens is 6. The van der Waals surface area contributed by atoms with Gasteiger partial charge in [-0.25, -0.2) is 9.36 Å². The lowest BCUT2D eigenvalue weighted by molar-refractivity contribution is -0.121. The Kier molecular flexibility index (Phi) is 6.72. The largest absolute Gasteiger partial charge is 0.361 e. The highest BCUT2D eigenvalue weighted by Crippen LogP contribution is 2.24. The van der Waals surface area contributed by atoms with E-state index in [-0.39, 0.29) is 11.5 Å². The molecule has 1 aromatic carbocycles. The van der Waals surface area contributed by atoms with Gasteiger partial charge in [-0.2, -0.15) is 10.2 Å². The predicted molar refractivity (Wildman–Crippen MR) is 139 cm³/mol. The number of fused-ring (bicyclic) bond motifs is 1. The van der Waals surface area contributed by atoms with Crippen molar-refractivity contribution in [3.63, 3.8) is 0 Å². The fourth-order valence-corrected chi connectivity index (χ4v) is 4.54. The number of para-hydroxylation sites is 1. The zero-order valence-corrected chi connectivity index (χ0v) is 21.1. The van der Waals surface area contributed by atoms with Gasteiger partial charge in [-0.3, -0.25) is 9.59 Å². The molecular weight excluding hydrogens is 470 g/mol. The Labute approximate surface area is 213 Å². The van der Waals surface area contributed by atoms with Gasteiger partial charge in [0.25, 0.3) is 5.56 Å². The molecule has 37 heavy (non-hydrogen) atoms. The van der Waals surface area contributed by atoms with E-state index in [4.69, 9.17) is 9.62 Å². The summed E-state index contributed by atoms with van der Waals surface area (Å²) in [6, 6.07) is 13.5. The fourth-order valence-electron chi connectivity index (χ4n) is 4.54. The highest BCUT2D eigenvalue weighted by molar-refractivity contribution is 5.87. The Morgan fingerprint density at radius 2 is 1.76 bits per heavy atom. The first kappa shape index (κ1) is 24.2. The molecule has 5 aromatic rings. The van der Waals surface area contributed by atoms with E-state index in [0.29, 0.717) is 54.8 Å². The van der Waals surface area contributed by atoms with Crippen LogP contribution in [0, 0.1) is 20.8 Å². The normalized spacial score (nSPS) is 11.3. The quantitative estimate of drug-likeness (QED) is 0.333. The molecule has 1 amide bonds. The third kappa shape index (κ3) is 4.82. The van der Waals surface area contributed by atoms with Gasteiger partial charge >= 0.3 is 0 Å². The van der Waals surface area contributed by atoms with E-state index in [1.54, 1.807) is 4.68 Å². The van der Waals surface area contributed by atoms with Gasteiger partial charge in [0.2, 0.25) is 5.91 Å². The van der Waals surface area contributed by atoms with Crippen molar-refractivity contribution in [1.29, 1.82) is 0 Å². The summed E-state index contributed by atoms with van der Waals surface area (Å²) in [6.45, 7) is 6.44. The van der Waals surface area contributed by atoms with E-state index in [2.05, 4.69) is 15.6 Å². The highest BCUT2D eigenvalue weighted by Gasteiger charge is 2.21. The number of aryl methyl sites for hydroxylation is 4. The van der Waals surface area contributed by atoms with Crippen molar-refractivity contribution >= 4 is 16.8 Å². The Hall–Kier alpha value is -4.47. The van der Waals surface area contributed by atoms with Gasteiger partial charge in [0, 0.05) is 37.5 Å². The molecule has 0 aliphatic rings. The SMILES string of the molecule is Cc1noc(C)c1CCNC(=O)CCCn1nc(C)c2nn(-c3ccccc3)c(-n3cccc3)c2c1=O. The van der Waals surface area contributed by atoms with Crippen molar-refractivity contribution in [3.8, 4) is 11.5 Å². The third-order valence-corrected chi connectivity index (χ3v) is 6.42. The average molecular weight is 500 g/mol. The lowest BCUT2D eigenvalue weighted by Crippen LogP contribution is -2.28. The molecule has 0 unspecified atom stereocenters. The minimum Gasteiger partial charge on any atom is -0.361 e. The maximum absolute atomic E-state index is 13.6. The summed E-state index contributed by atoms with van der Waals surface area (Å²) in [7, 11) is 0. The van der Waals surface area contributed by atoms with Gasteiger partial charge in [0.1, 0.15) is 16.7 Å². The van der Waals surface area contributed by atoms with E-state index in [1.807, 2.05) is 80.2 Å². The van der Waals surface area contributed by atoms with Crippen molar-refractivity contribution in [2.75, 3.05) is 6.54 Å². The molecule has 5 rings (SSSR count). The predicted octanol–water partition coefficient (Wildman–Crippen LogP) is 3.43. The van der Waals surface area contributed by atoms with Crippen molar-refractivity contribution in [2.45, 2.75) is 46.6 Å². The minimum atomic E-state index is -0.231. The number of carbonyl (C=O) groups excluding carboxylic acids is 1. The smallest absolute Gasteiger partial charge is 0.280 e. The van der Waals surface area contributed by atoms with Crippen LogP contribution in [0.5, 0.6) is 0 Å². The first-order valence-corrected chi connectivity index (χ1v) is 12.3. The van der Waals surface area contributed by atoms with E-state index < -0.39 is 0 Å². The van der Waals surface area contributed by atoms with Gasteiger partial charge in [-0.1, -0.05) is 23.4 Å². The summed E-state index contributed by atoms with van der Waals surface area (Å²) in [5, 5.41) is 16.6. The second kappa shape index (κ2) is 10.3. The van der Waals surface area contributed by atoms with Gasteiger partial charge in [-0.05, 0) is 57.9 Å². The lowest BCUT2D eigenvalue weighted by Gasteiger charge is -2.09. The third-order valence-electron chi connectivity index (χ3n) is 6.42. The topological polar surface area (TPSA) is 113 Å². The van der Waals surface area contributed by atoms with E-state index in [9.17, 15) is 9.59 Å². The van der Waals surface area contributed by atoms with Crippen LogP contribution in [-0.2, 0) is 17.8 Å². The molecule has 190 valence electrons. The first-order valence-electron chi connectivity index (χ1n) is 12.3. The number of benzene rings is 1. The molecule has 0 atom stereocenters. The summed E-state index contributed by atoms with van der Waals surface area (Å²) in [5.41, 5.74) is 3.70. The van der Waals surface area contributed by atoms with E-state index in [0.717, 1.165) is 22.7 Å². The zero-order chi connectivity index (χ0) is 25.9. The number of nitrogens with one attached hydrogen (secondary N) is 1. The second-order valence-electron chi connectivity index (χ2n) is 9.00. The number of nitrogens with zero attached hydrogens (tertiary/aromatic N) is 6. The summed E-state index contributed by atoms with van der Waals surface area (Å²) in [6.07, 6.45) is 5.23. The molecule has 0 aliphatic heterocycles. The molecule has 10 nitrogen and oxygen atoms in total. The van der Waals surface area contributed by atoms with Crippen LogP contribution in [0.1, 0.15) is 35.6 Å². The monoisotopic (exact) mass is 499 g/mol. The highest BCUT2D eigenvalue weighted by atomic mass is 16.5. The van der Waals surface area contributed by atoms with Crippen LogP contribution in [0.2, 0.25) is 0 Å². The molecule has 0 spiro atoms. The Morgan fingerprint density at radius 3 is 2.46 bits per heavy atom. The van der Waals surface area contributed by atoms with Crippen LogP contribution >= 0.6 is 0 Å². The molecule has 0 saturated heterocycles. The molecule has 4 heterocycles. The average Bonchev–Trinajstić information content (AvgIpc) is 3.63. The van der Waals surface area contributed by atoms with Crippen LogP contribution in [0.15, 0.2) is 64.2 Å². The maximum Gasteiger partial charge on any atom is 0.280 e. The molecular formula is C27H29N7O3. The Morgan fingerprint density at radius 1 is 1.00 bits per heavy atom. The summed E-state index contributed by atoms with van der Waals surface area (Å²) in [5.74, 6) is 1.37. The van der Waals surface area contributed by atoms with Crippen molar-refractivity contribution < 1.29 is 9.32 Å². The molecule has 0 fully saturated rings. The standard InChI is InChI=1S/C27H29N7O3/c1-18-22(20(3)37-31-18)13-14-28-23(35)12-9-17-33-27(36)24-25(19(2)29-33)30-34(21-10-5-4-6-11-21)26(24)32-15-7-8-16-32/h4-8,10-11,15-16H,9,12-14,17H2,1-3H3,(H,28,35). The fraction of sp³-hybridized carbons (Fsp3) is 0.296. The zero-order valence-electron chi connectivity index (χ0n) is 21.1. The minimum absolute atomic E-state index is 0.0671. The summed E-state index contributed by atoms with van der Waals surface area (Å²) >= 11 is 0. The first-order chi connectivity index (χ1) is 17.9. The van der Waals surface area contributed by atoms with E-state index >= 15 is 0 Å². The van der Waals surface area contributed by atoms with Crippen LogP contribution < -0.4 is 10.9 Å². The molecule has 0 aliphatic carbocycles. The van der Waals surface area contributed by atoms with Crippen molar-refractivity contribution in [2.24, 2.45) is 0 Å². The molecule has 10 heteroatoms. The molecule has 1 N–H and O–H groups in total. The van der Waals surface area contributed by atoms with Gasteiger partial charge < -0.3 is 14.4 Å². The maximum atomic E-state index is 13.6.